The van der Waals surface area contributed by atoms with Crippen LogP contribution in [0.5, 0.6) is 5.75 Å². The van der Waals surface area contributed by atoms with Crippen molar-refractivity contribution in [3.8, 4) is 17.1 Å². The van der Waals surface area contributed by atoms with Crippen molar-refractivity contribution in [1.82, 2.24) is 19.5 Å². The summed E-state index contributed by atoms with van der Waals surface area (Å²) in [6, 6.07) is 10.0. The number of hydrogen-bond donors (Lipinski definition) is 2. The summed E-state index contributed by atoms with van der Waals surface area (Å²) in [4.78, 5) is 2.46. The Morgan fingerprint density at radius 2 is 2.15 bits per heavy atom. The molecular formula is C20H25N5O. The Bertz CT molecular complexity index is 920. The molecule has 1 aliphatic heterocycles. The SMILES string of the molecule is CCN1CCC[C@@H](Nc2nnc(-c3ccc(C)cc3O)n3cccc23)C1. The zero-order valence-corrected chi connectivity index (χ0v) is 15.3. The number of piperidine rings is 1. The lowest BCUT2D eigenvalue weighted by Gasteiger charge is -2.32. The van der Waals surface area contributed by atoms with E-state index in [0.717, 1.165) is 36.4 Å². The highest BCUT2D eigenvalue weighted by molar-refractivity contribution is 5.74. The fraction of sp³-hybridized carbons (Fsp3) is 0.400. The van der Waals surface area contributed by atoms with Crippen molar-refractivity contribution >= 4 is 11.3 Å². The number of phenols is 1. The summed E-state index contributed by atoms with van der Waals surface area (Å²) >= 11 is 0. The monoisotopic (exact) mass is 351 g/mol. The molecule has 6 heteroatoms. The molecule has 1 fully saturated rings. The number of aromatic hydroxyl groups is 1. The minimum atomic E-state index is 0.223. The van der Waals surface area contributed by atoms with Gasteiger partial charge in [-0.15, -0.1) is 10.2 Å². The van der Waals surface area contributed by atoms with Gasteiger partial charge in [0.2, 0.25) is 0 Å². The smallest absolute Gasteiger partial charge is 0.173 e. The standard InChI is InChI=1S/C20H25N5O/c1-3-24-10-4-6-15(13-24)21-19-17-7-5-11-25(17)20(23-22-19)16-9-8-14(2)12-18(16)26/h5,7-9,11-12,15,26H,3-4,6,10,13H2,1-2H3,(H,21,22)/t15-/m1/s1. The number of nitrogens with one attached hydrogen (secondary N) is 1. The second kappa shape index (κ2) is 6.96. The maximum atomic E-state index is 10.3. The van der Waals surface area contributed by atoms with Gasteiger partial charge in [-0.1, -0.05) is 13.0 Å². The molecule has 1 aliphatic rings. The fourth-order valence-electron chi connectivity index (χ4n) is 3.73. The van der Waals surface area contributed by atoms with Gasteiger partial charge in [-0.05, 0) is 62.7 Å². The summed E-state index contributed by atoms with van der Waals surface area (Å²) in [7, 11) is 0. The molecule has 1 aromatic carbocycles. The van der Waals surface area contributed by atoms with Gasteiger partial charge in [-0.3, -0.25) is 4.40 Å². The zero-order chi connectivity index (χ0) is 18.1. The molecule has 3 aromatic rings. The van der Waals surface area contributed by atoms with Crippen LogP contribution in [0.15, 0.2) is 36.5 Å². The number of hydrogen-bond acceptors (Lipinski definition) is 5. The van der Waals surface area contributed by atoms with Crippen LogP contribution < -0.4 is 5.32 Å². The third kappa shape index (κ3) is 3.12. The molecule has 1 atom stereocenters. The molecule has 0 aliphatic carbocycles. The molecule has 3 heterocycles. The van der Waals surface area contributed by atoms with Crippen molar-refractivity contribution in [2.24, 2.45) is 0 Å². The molecule has 0 radical (unpaired) electrons. The number of nitrogens with zero attached hydrogens (tertiary/aromatic N) is 4. The third-order valence-corrected chi connectivity index (χ3v) is 5.15. The van der Waals surface area contributed by atoms with Crippen LogP contribution in [-0.4, -0.2) is 50.3 Å². The van der Waals surface area contributed by atoms with Crippen LogP contribution in [0.25, 0.3) is 16.9 Å². The van der Waals surface area contributed by atoms with E-state index in [9.17, 15) is 5.11 Å². The average Bonchev–Trinajstić information content (AvgIpc) is 3.13. The van der Waals surface area contributed by atoms with E-state index in [2.05, 4.69) is 27.3 Å². The topological polar surface area (TPSA) is 65.7 Å². The maximum Gasteiger partial charge on any atom is 0.173 e. The maximum absolute atomic E-state index is 10.3. The lowest BCUT2D eigenvalue weighted by molar-refractivity contribution is 0.226. The first-order valence-corrected chi connectivity index (χ1v) is 9.28. The minimum Gasteiger partial charge on any atom is -0.507 e. The highest BCUT2D eigenvalue weighted by Gasteiger charge is 2.21. The number of likely N-dealkylation sites (N-methyl/N-ethyl adjacent to an activating group) is 1. The number of benzene rings is 1. The first kappa shape index (κ1) is 16.8. The zero-order valence-electron chi connectivity index (χ0n) is 15.3. The van der Waals surface area contributed by atoms with Crippen molar-refractivity contribution in [3.05, 3.63) is 42.1 Å². The molecule has 2 aromatic heterocycles. The van der Waals surface area contributed by atoms with E-state index in [-0.39, 0.29) is 5.75 Å². The Balaban J connectivity index is 1.68. The first-order valence-electron chi connectivity index (χ1n) is 9.28. The molecule has 4 rings (SSSR count). The van der Waals surface area contributed by atoms with Crippen molar-refractivity contribution < 1.29 is 5.11 Å². The summed E-state index contributed by atoms with van der Waals surface area (Å²) in [6.07, 6.45) is 4.31. The van der Waals surface area contributed by atoms with Crippen molar-refractivity contribution in [2.45, 2.75) is 32.7 Å². The number of anilines is 1. The minimum absolute atomic E-state index is 0.223. The van der Waals surface area contributed by atoms with E-state index < -0.39 is 0 Å². The van der Waals surface area contributed by atoms with Gasteiger partial charge in [0.1, 0.15) is 5.75 Å². The number of phenolic OH excluding ortho intramolecular Hbond substituents is 1. The van der Waals surface area contributed by atoms with Gasteiger partial charge in [-0.2, -0.15) is 0 Å². The molecule has 0 amide bonds. The molecule has 0 unspecified atom stereocenters. The van der Waals surface area contributed by atoms with Gasteiger partial charge < -0.3 is 15.3 Å². The molecule has 0 spiro atoms. The van der Waals surface area contributed by atoms with Crippen molar-refractivity contribution in [1.29, 1.82) is 0 Å². The predicted molar refractivity (Wildman–Crippen MR) is 104 cm³/mol. The summed E-state index contributed by atoms with van der Waals surface area (Å²) in [5.41, 5.74) is 2.67. The van der Waals surface area contributed by atoms with Gasteiger partial charge >= 0.3 is 0 Å². The van der Waals surface area contributed by atoms with Gasteiger partial charge in [0.15, 0.2) is 11.6 Å². The molecule has 6 nitrogen and oxygen atoms in total. The predicted octanol–water partition coefficient (Wildman–Crippen LogP) is 3.31. The van der Waals surface area contributed by atoms with E-state index in [0.29, 0.717) is 17.4 Å². The molecule has 26 heavy (non-hydrogen) atoms. The molecule has 0 bridgehead atoms. The summed E-state index contributed by atoms with van der Waals surface area (Å²) in [5.74, 6) is 1.67. The number of rotatable bonds is 4. The van der Waals surface area contributed by atoms with Crippen molar-refractivity contribution in [3.63, 3.8) is 0 Å². The van der Waals surface area contributed by atoms with Crippen LogP contribution >= 0.6 is 0 Å². The van der Waals surface area contributed by atoms with E-state index in [1.54, 1.807) is 6.07 Å². The van der Waals surface area contributed by atoms with Crippen LogP contribution in [-0.2, 0) is 0 Å². The number of likely N-dealkylation sites (tertiary alicyclic amines) is 1. The second-order valence-electron chi connectivity index (χ2n) is 7.03. The second-order valence-corrected chi connectivity index (χ2v) is 7.03. The first-order chi connectivity index (χ1) is 12.7. The van der Waals surface area contributed by atoms with Crippen LogP contribution in [0.4, 0.5) is 5.82 Å². The normalized spacial score (nSPS) is 18.3. The van der Waals surface area contributed by atoms with Gasteiger partial charge in [-0.25, -0.2) is 0 Å². The molecule has 136 valence electrons. The van der Waals surface area contributed by atoms with Gasteiger partial charge in [0.25, 0.3) is 0 Å². The fourth-order valence-corrected chi connectivity index (χ4v) is 3.73. The van der Waals surface area contributed by atoms with E-state index in [1.807, 2.05) is 41.8 Å². The molecule has 0 saturated carbocycles. The van der Waals surface area contributed by atoms with Gasteiger partial charge in [0, 0.05) is 18.8 Å². The van der Waals surface area contributed by atoms with Crippen LogP contribution in [0, 0.1) is 6.92 Å². The Hall–Kier alpha value is -2.60. The van der Waals surface area contributed by atoms with E-state index >= 15 is 0 Å². The van der Waals surface area contributed by atoms with Crippen LogP contribution in [0.1, 0.15) is 25.3 Å². The highest BCUT2D eigenvalue weighted by Crippen LogP contribution is 2.30. The third-order valence-electron chi connectivity index (χ3n) is 5.15. The van der Waals surface area contributed by atoms with Crippen molar-refractivity contribution in [2.75, 3.05) is 25.0 Å². The summed E-state index contributed by atoms with van der Waals surface area (Å²) in [6.45, 7) is 7.45. The number of fused-ring (bicyclic) bond motifs is 1. The number of aryl methyl sites for hydroxylation is 1. The van der Waals surface area contributed by atoms with Crippen LogP contribution in [0.2, 0.25) is 0 Å². The largest absolute Gasteiger partial charge is 0.507 e. The average molecular weight is 351 g/mol. The molecular weight excluding hydrogens is 326 g/mol. The Morgan fingerprint density at radius 3 is 2.96 bits per heavy atom. The molecule has 2 N–H and O–H groups in total. The quantitative estimate of drug-likeness (QED) is 0.755. The summed E-state index contributed by atoms with van der Waals surface area (Å²) in [5, 5.41) is 22.8. The Labute approximate surface area is 153 Å². The van der Waals surface area contributed by atoms with Gasteiger partial charge in [0.05, 0.1) is 11.1 Å². The Kier molecular flexibility index (Phi) is 4.51. The highest BCUT2D eigenvalue weighted by atomic mass is 16.3. The summed E-state index contributed by atoms with van der Waals surface area (Å²) < 4.78 is 1.99. The lowest BCUT2D eigenvalue weighted by Crippen LogP contribution is -2.42. The number of aromatic nitrogens is 3. The van der Waals surface area contributed by atoms with E-state index in [4.69, 9.17) is 0 Å². The Morgan fingerprint density at radius 1 is 1.27 bits per heavy atom. The lowest BCUT2D eigenvalue weighted by atomic mass is 10.1. The van der Waals surface area contributed by atoms with Crippen LogP contribution in [0.3, 0.4) is 0 Å². The van der Waals surface area contributed by atoms with E-state index in [1.165, 1.54) is 13.0 Å². The molecule has 1 saturated heterocycles.